The first-order valence-electron chi connectivity index (χ1n) is 6.25. The number of aromatic amines is 1. The second-order valence-corrected chi connectivity index (χ2v) is 5.00. The Kier molecular flexibility index (Phi) is 2.69. The van der Waals surface area contributed by atoms with Crippen LogP contribution in [0.3, 0.4) is 0 Å². The molecule has 2 N–H and O–H groups in total. The summed E-state index contributed by atoms with van der Waals surface area (Å²) in [6, 6.07) is 3.13. The number of carboxylic acid groups (broad SMARTS) is 1. The Morgan fingerprint density at radius 1 is 1.35 bits per heavy atom. The SMILES string of the molecule is O=C(O)c1nc2c(=O)[nH]c3cc(Cl)c(-n4cncn4)cc3n2n1. The fourth-order valence-electron chi connectivity index (χ4n) is 2.23. The summed E-state index contributed by atoms with van der Waals surface area (Å²) in [6.07, 6.45) is 2.81. The van der Waals surface area contributed by atoms with Gasteiger partial charge >= 0.3 is 5.97 Å². The van der Waals surface area contributed by atoms with Crippen molar-refractivity contribution >= 4 is 34.3 Å². The summed E-state index contributed by atoms with van der Waals surface area (Å²) in [5, 5.41) is 17.2. The van der Waals surface area contributed by atoms with Crippen LogP contribution >= 0.6 is 11.6 Å². The highest BCUT2D eigenvalue weighted by molar-refractivity contribution is 6.33. The van der Waals surface area contributed by atoms with Crippen LogP contribution in [0.2, 0.25) is 5.02 Å². The molecule has 10 nitrogen and oxygen atoms in total. The van der Waals surface area contributed by atoms with Gasteiger partial charge in [-0.2, -0.15) is 10.1 Å². The molecule has 1 aromatic carbocycles. The molecule has 114 valence electrons. The minimum absolute atomic E-state index is 0.123. The third-order valence-electron chi connectivity index (χ3n) is 3.21. The number of carboxylic acids is 1. The van der Waals surface area contributed by atoms with E-state index in [0.717, 1.165) is 4.52 Å². The maximum absolute atomic E-state index is 12.0. The standard InChI is InChI=1S/C12H6ClN7O3/c13-5-1-6-8(2-7(5)19-4-14-3-15-19)20-10(11(21)16-6)17-9(18-20)12(22)23/h1-4H,(H,16,21)(H,22,23). The average molecular weight is 332 g/mol. The highest BCUT2D eigenvalue weighted by atomic mass is 35.5. The van der Waals surface area contributed by atoms with Crippen molar-refractivity contribution in [2.75, 3.05) is 0 Å². The van der Waals surface area contributed by atoms with Crippen LogP contribution in [0.25, 0.3) is 22.4 Å². The molecule has 4 rings (SSSR count). The van der Waals surface area contributed by atoms with Gasteiger partial charge in [0.15, 0.2) is 0 Å². The van der Waals surface area contributed by atoms with E-state index in [1.54, 1.807) is 6.07 Å². The average Bonchev–Trinajstić information content (AvgIpc) is 3.16. The van der Waals surface area contributed by atoms with E-state index in [9.17, 15) is 9.59 Å². The monoisotopic (exact) mass is 331 g/mol. The molecule has 3 heterocycles. The Morgan fingerprint density at radius 2 is 2.17 bits per heavy atom. The van der Waals surface area contributed by atoms with Crippen LogP contribution in [0.5, 0.6) is 0 Å². The molecule has 0 radical (unpaired) electrons. The van der Waals surface area contributed by atoms with Crippen molar-refractivity contribution in [1.29, 1.82) is 0 Å². The Morgan fingerprint density at radius 3 is 2.87 bits per heavy atom. The Balaban J connectivity index is 2.13. The summed E-state index contributed by atoms with van der Waals surface area (Å²) in [6.45, 7) is 0. The van der Waals surface area contributed by atoms with Gasteiger partial charge in [0, 0.05) is 0 Å². The van der Waals surface area contributed by atoms with Gasteiger partial charge in [0.25, 0.3) is 11.4 Å². The number of hydrogen-bond donors (Lipinski definition) is 2. The molecular weight excluding hydrogens is 326 g/mol. The zero-order valence-electron chi connectivity index (χ0n) is 11.1. The van der Waals surface area contributed by atoms with Gasteiger partial charge in [-0.15, -0.1) is 5.10 Å². The Bertz CT molecular complexity index is 1130. The van der Waals surface area contributed by atoms with Crippen LogP contribution < -0.4 is 5.56 Å². The summed E-state index contributed by atoms with van der Waals surface area (Å²) >= 11 is 6.20. The second kappa shape index (κ2) is 4.61. The summed E-state index contributed by atoms with van der Waals surface area (Å²) in [5.74, 6) is -1.80. The highest BCUT2D eigenvalue weighted by Gasteiger charge is 2.17. The number of aromatic carboxylic acids is 1. The number of carbonyl (C=O) groups is 1. The first kappa shape index (κ1) is 13.4. The minimum atomic E-state index is -1.33. The summed E-state index contributed by atoms with van der Waals surface area (Å²) < 4.78 is 2.60. The molecular formula is C12H6ClN7O3. The molecule has 0 aliphatic rings. The largest absolute Gasteiger partial charge is 0.475 e. The van der Waals surface area contributed by atoms with Gasteiger partial charge in [0.1, 0.15) is 12.7 Å². The van der Waals surface area contributed by atoms with Gasteiger partial charge in [0.05, 0.1) is 21.7 Å². The molecule has 23 heavy (non-hydrogen) atoms. The van der Waals surface area contributed by atoms with Gasteiger partial charge in [-0.05, 0) is 12.1 Å². The van der Waals surface area contributed by atoms with Crippen LogP contribution in [-0.4, -0.2) is 45.4 Å². The van der Waals surface area contributed by atoms with Gasteiger partial charge in [-0.1, -0.05) is 11.6 Å². The number of hydrogen-bond acceptors (Lipinski definition) is 6. The zero-order chi connectivity index (χ0) is 16.1. The second-order valence-electron chi connectivity index (χ2n) is 4.59. The summed E-state index contributed by atoms with van der Waals surface area (Å²) in [4.78, 5) is 33.2. The minimum Gasteiger partial charge on any atom is -0.475 e. The van der Waals surface area contributed by atoms with E-state index >= 15 is 0 Å². The quantitative estimate of drug-likeness (QED) is 0.546. The van der Waals surface area contributed by atoms with E-state index < -0.39 is 17.4 Å². The topological polar surface area (TPSA) is 131 Å². The lowest BCUT2D eigenvalue weighted by Crippen LogP contribution is -2.12. The zero-order valence-corrected chi connectivity index (χ0v) is 11.9. The molecule has 0 fully saturated rings. The van der Waals surface area contributed by atoms with Crippen LogP contribution in [0.15, 0.2) is 29.6 Å². The van der Waals surface area contributed by atoms with Crippen molar-refractivity contribution in [3.63, 3.8) is 0 Å². The van der Waals surface area contributed by atoms with Crippen molar-refractivity contribution in [2.24, 2.45) is 0 Å². The first-order valence-corrected chi connectivity index (χ1v) is 6.63. The van der Waals surface area contributed by atoms with Gasteiger partial charge in [0.2, 0.25) is 5.65 Å². The van der Waals surface area contributed by atoms with Crippen molar-refractivity contribution in [1.82, 2.24) is 34.3 Å². The first-order chi connectivity index (χ1) is 11.0. The fourth-order valence-corrected chi connectivity index (χ4v) is 2.48. The molecule has 0 amide bonds. The fraction of sp³-hybridized carbons (Fsp3) is 0. The number of benzene rings is 1. The van der Waals surface area contributed by atoms with Crippen molar-refractivity contribution in [2.45, 2.75) is 0 Å². The van der Waals surface area contributed by atoms with E-state index in [4.69, 9.17) is 16.7 Å². The molecule has 0 unspecified atom stereocenters. The molecule has 4 aromatic rings. The van der Waals surface area contributed by atoms with Gasteiger partial charge < -0.3 is 10.1 Å². The van der Waals surface area contributed by atoms with Crippen LogP contribution in [0.4, 0.5) is 0 Å². The molecule has 0 atom stereocenters. The van der Waals surface area contributed by atoms with Gasteiger partial charge in [-0.25, -0.2) is 19.0 Å². The highest BCUT2D eigenvalue weighted by Crippen LogP contribution is 2.25. The maximum atomic E-state index is 12.0. The normalized spacial score (nSPS) is 11.3. The number of halogens is 1. The molecule has 11 heteroatoms. The molecule has 0 aliphatic heterocycles. The maximum Gasteiger partial charge on any atom is 0.375 e. The molecule has 0 spiro atoms. The van der Waals surface area contributed by atoms with E-state index in [1.807, 2.05) is 0 Å². The van der Waals surface area contributed by atoms with Crippen LogP contribution in [0.1, 0.15) is 10.6 Å². The number of nitrogens with one attached hydrogen (secondary N) is 1. The lowest BCUT2D eigenvalue weighted by Gasteiger charge is -2.07. The third-order valence-corrected chi connectivity index (χ3v) is 3.51. The number of fused-ring (bicyclic) bond motifs is 3. The predicted molar refractivity (Wildman–Crippen MR) is 78.0 cm³/mol. The van der Waals surface area contributed by atoms with E-state index in [0.29, 0.717) is 21.7 Å². The van der Waals surface area contributed by atoms with E-state index in [-0.39, 0.29) is 5.65 Å². The Labute approximate surface area is 131 Å². The molecule has 0 bridgehead atoms. The van der Waals surface area contributed by atoms with E-state index in [1.165, 1.54) is 23.4 Å². The lowest BCUT2D eigenvalue weighted by atomic mass is 10.2. The number of nitrogens with zero attached hydrogens (tertiary/aromatic N) is 6. The summed E-state index contributed by atoms with van der Waals surface area (Å²) in [7, 11) is 0. The van der Waals surface area contributed by atoms with Crippen molar-refractivity contribution in [3.05, 3.63) is 46.0 Å². The predicted octanol–water partition coefficient (Wildman–Crippen LogP) is 0.503. The molecule has 3 aromatic heterocycles. The number of aromatic nitrogens is 7. The lowest BCUT2D eigenvalue weighted by molar-refractivity contribution is 0.0684. The Hall–Kier alpha value is -3.27. The summed E-state index contributed by atoms with van der Waals surface area (Å²) in [5.41, 5.74) is 0.619. The van der Waals surface area contributed by atoms with Crippen molar-refractivity contribution in [3.8, 4) is 5.69 Å². The van der Waals surface area contributed by atoms with Gasteiger partial charge in [-0.3, -0.25) is 4.79 Å². The van der Waals surface area contributed by atoms with Crippen LogP contribution in [0, 0.1) is 0 Å². The smallest absolute Gasteiger partial charge is 0.375 e. The molecule has 0 saturated heterocycles. The van der Waals surface area contributed by atoms with E-state index in [2.05, 4.69) is 25.1 Å². The molecule has 0 saturated carbocycles. The number of H-pyrrole nitrogens is 1. The third kappa shape index (κ3) is 1.96. The van der Waals surface area contributed by atoms with Crippen LogP contribution in [-0.2, 0) is 0 Å². The number of rotatable bonds is 2. The van der Waals surface area contributed by atoms with Crippen molar-refractivity contribution < 1.29 is 9.90 Å². The molecule has 0 aliphatic carbocycles.